The molecular weight excluding hydrogens is 374 g/mol. The molecule has 0 saturated heterocycles. The third-order valence-corrected chi connectivity index (χ3v) is 4.99. The van der Waals surface area contributed by atoms with Crippen LogP contribution in [0, 0.1) is 0 Å². The molecule has 1 saturated carbocycles. The van der Waals surface area contributed by atoms with Gasteiger partial charge in [-0.25, -0.2) is 4.79 Å². The highest BCUT2D eigenvalue weighted by Gasteiger charge is 2.51. The second-order valence-corrected chi connectivity index (χ2v) is 7.50. The van der Waals surface area contributed by atoms with E-state index < -0.39 is 16.9 Å². The van der Waals surface area contributed by atoms with Crippen LogP contribution in [0.5, 0.6) is 0 Å². The van der Waals surface area contributed by atoms with Crippen LogP contribution in [0.15, 0.2) is 41.1 Å². The second-order valence-electron chi connectivity index (χ2n) is 6.58. The van der Waals surface area contributed by atoms with Gasteiger partial charge in [0.05, 0.1) is 17.3 Å². The SMILES string of the molecule is CC(C)(C(=O)O)n1cc(NC(=O)C2(c3cccc(Br)c3)CC2)cn1. The van der Waals surface area contributed by atoms with Gasteiger partial charge in [0, 0.05) is 10.7 Å². The second kappa shape index (κ2) is 5.73. The van der Waals surface area contributed by atoms with Gasteiger partial charge in [-0.1, -0.05) is 28.1 Å². The van der Waals surface area contributed by atoms with E-state index in [1.807, 2.05) is 24.3 Å². The van der Waals surface area contributed by atoms with Gasteiger partial charge in [0.1, 0.15) is 0 Å². The number of amides is 1. The van der Waals surface area contributed by atoms with Gasteiger partial charge in [-0.15, -0.1) is 0 Å². The van der Waals surface area contributed by atoms with Crippen LogP contribution in [0.1, 0.15) is 32.3 Å². The Hall–Kier alpha value is -2.15. The third-order valence-electron chi connectivity index (χ3n) is 4.50. The summed E-state index contributed by atoms with van der Waals surface area (Å²) in [6.07, 6.45) is 4.61. The van der Waals surface area contributed by atoms with Gasteiger partial charge >= 0.3 is 5.97 Å². The molecular formula is C17H18BrN3O3. The first-order valence-corrected chi connectivity index (χ1v) is 8.41. The van der Waals surface area contributed by atoms with Gasteiger partial charge in [-0.2, -0.15) is 5.10 Å². The number of nitrogens with one attached hydrogen (secondary N) is 1. The van der Waals surface area contributed by atoms with Crippen molar-refractivity contribution in [2.24, 2.45) is 0 Å². The zero-order valence-corrected chi connectivity index (χ0v) is 15.0. The Morgan fingerprint density at radius 3 is 2.67 bits per heavy atom. The van der Waals surface area contributed by atoms with Crippen LogP contribution in [-0.4, -0.2) is 26.8 Å². The van der Waals surface area contributed by atoms with Gasteiger partial charge in [0.25, 0.3) is 0 Å². The highest BCUT2D eigenvalue weighted by Crippen LogP contribution is 2.49. The minimum atomic E-state index is -1.18. The summed E-state index contributed by atoms with van der Waals surface area (Å²) in [5.41, 5.74) is -0.207. The smallest absolute Gasteiger partial charge is 0.331 e. The maximum absolute atomic E-state index is 12.7. The van der Waals surface area contributed by atoms with Crippen molar-refractivity contribution in [1.82, 2.24) is 9.78 Å². The summed E-state index contributed by atoms with van der Waals surface area (Å²) in [4.78, 5) is 24.0. The molecule has 1 aromatic heterocycles. The molecule has 0 spiro atoms. The van der Waals surface area contributed by atoms with Crippen molar-refractivity contribution in [2.75, 3.05) is 5.32 Å². The van der Waals surface area contributed by atoms with E-state index in [2.05, 4.69) is 26.3 Å². The summed E-state index contributed by atoms with van der Waals surface area (Å²) in [5, 5.41) is 16.2. The topological polar surface area (TPSA) is 84.2 Å². The number of benzene rings is 1. The monoisotopic (exact) mass is 391 g/mol. The quantitative estimate of drug-likeness (QED) is 0.819. The van der Waals surface area contributed by atoms with Crippen LogP contribution in [0.3, 0.4) is 0 Å². The van der Waals surface area contributed by atoms with Crippen LogP contribution in [0.25, 0.3) is 0 Å². The molecule has 7 heteroatoms. The molecule has 1 aliphatic rings. The standard InChI is InChI=1S/C17H18BrN3O3/c1-16(2,15(23)24)21-10-13(9-19-21)20-14(22)17(6-7-17)11-4-3-5-12(18)8-11/h3-5,8-10H,6-7H2,1-2H3,(H,20,22)(H,23,24). The van der Waals surface area contributed by atoms with Crippen molar-refractivity contribution in [1.29, 1.82) is 0 Å². The van der Waals surface area contributed by atoms with E-state index >= 15 is 0 Å². The van der Waals surface area contributed by atoms with E-state index in [-0.39, 0.29) is 5.91 Å². The van der Waals surface area contributed by atoms with Crippen LogP contribution < -0.4 is 5.32 Å². The molecule has 1 heterocycles. The Kier molecular flexibility index (Phi) is 3.99. The predicted molar refractivity (Wildman–Crippen MR) is 92.9 cm³/mol. The van der Waals surface area contributed by atoms with E-state index in [9.17, 15) is 14.7 Å². The van der Waals surface area contributed by atoms with Crippen molar-refractivity contribution in [3.63, 3.8) is 0 Å². The Labute approximate surface area is 148 Å². The fraction of sp³-hybridized carbons (Fsp3) is 0.353. The maximum Gasteiger partial charge on any atom is 0.331 e. The Morgan fingerprint density at radius 1 is 1.38 bits per heavy atom. The largest absolute Gasteiger partial charge is 0.479 e. The molecule has 2 aromatic rings. The Balaban J connectivity index is 1.79. The van der Waals surface area contributed by atoms with Gasteiger partial charge in [-0.05, 0) is 44.4 Å². The lowest BCUT2D eigenvalue weighted by Gasteiger charge is -2.19. The minimum Gasteiger partial charge on any atom is -0.479 e. The number of carboxylic acids is 1. The zero-order chi connectivity index (χ0) is 17.5. The van der Waals surface area contributed by atoms with Crippen molar-refractivity contribution < 1.29 is 14.7 Å². The summed E-state index contributed by atoms with van der Waals surface area (Å²) < 4.78 is 2.28. The van der Waals surface area contributed by atoms with E-state index in [0.717, 1.165) is 22.9 Å². The lowest BCUT2D eigenvalue weighted by molar-refractivity contribution is -0.146. The molecule has 2 N–H and O–H groups in total. The van der Waals surface area contributed by atoms with Crippen LogP contribution in [0.4, 0.5) is 5.69 Å². The molecule has 24 heavy (non-hydrogen) atoms. The van der Waals surface area contributed by atoms with Crippen LogP contribution in [-0.2, 0) is 20.5 Å². The third kappa shape index (κ3) is 2.84. The number of aliphatic carboxylic acids is 1. The van der Waals surface area contributed by atoms with E-state index in [4.69, 9.17) is 0 Å². The van der Waals surface area contributed by atoms with Gasteiger partial charge in [-0.3, -0.25) is 9.48 Å². The molecule has 0 unspecified atom stereocenters. The van der Waals surface area contributed by atoms with Crippen molar-refractivity contribution >= 4 is 33.5 Å². The molecule has 3 rings (SSSR count). The molecule has 1 aromatic carbocycles. The molecule has 126 valence electrons. The number of hydrogen-bond acceptors (Lipinski definition) is 3. The molecule has 1 amide bonds. The molecule has 0 bridgehead atoms. The van der Waals surface area contributed by atoms with Gasteiger partial charge in [0.2, 0.25) is 5.91 Å². The summed E-state index contributed by atoms with van der Waals surface area (Å²) in [5.74, 6) is -1.08. The maximum atomic E-state index is 12.7. The summed E-state index contributed by atoms with van der Waals surface area (Å²) in [6.45, 7) is 3.11. The first-order chi connectivity index (χ1) is 11.3. The van der Waals surface area contributed by atoms with Crippen LogP contribution >= 0.6 is 15.9 Å². The first-order valence-electron chi connectivity index (χ1n) is 7.62. The fourth-order valence-corrected chi connectivity index (χ4v) is 3.00. The number of hydrogen-bond donors (Lipinski definition) is 2. The average Bonchev–Trinajstić information content (AvgIpc) is 3.21. The van der Waals surface area contributed by atoms with Gasteiger partial charge < -0.3 is 10.4 Å². The highest BCUT2D eigenvalue weighted by atomic mass is 79.9. The Bertz CT molecular complexity index is 809. The van der Waals surface area contributed by atoms with Crippen molar-refractivity contribution in [3.8, 4) is 0 Å². The zero-order valence-electron chi connectivity index (χ0n) is 13.4. The van der Waals surface area contributed by atoms with E-state index in [0.29, 0.717) is 5.69 Å². The number of carboxylic acid groups (broad SMARTS) is 1. The van der Waals surface area contributed by atoms with Crippen molar-refractivity contribution in [3.05, 3.63) is 46.7 Å². The van der Waals surface area contributed by atoms with E-state index in [1.165, 1.54) is 10.9 Å². The highest BCUT2D eigenvalue weighted by molar-refractivity contribution is 9.10. The summed E-state index contributed by atoms with van der Waals surface area (Å²) >= 11 is 3.44. The molecule has 0 radical (unpaired) electrons. The number of rotatable bonds is 5. The predicted octanol–water partition coefficient (Wildman–Crippen LogP) is 3.14. The molecule has 1 aliphatic carbocycles. The lowest BCUT2D eigenvalue weighted by Crippen LogP contribution is -2.36. The van der Waals surface area contributed by atoms with Crippen molar-refractivity contribution in [2.45, 2.75) is 37.6 Å². The molecule has 6 nitrogen and oxygen atoms in total. The Morgan fingerprint density at radius 2 is 2.08 bits per heavy atom. The number of halogens is 1. The molecule has 0 aliphatic heterocycles. The minimum absolute atomic E-state index is 0.0896. The first kappa shape index (κ1) is 16.7. The van der Waals surface area contributed by atoms with Gasteiger partial charge in [0.15, 0.2) is 5.54 Å². The lowest BCUT2D eigenvalue weighted by atomic mass is 9.95. The summed E-state index contributed by atoms with van der Waals surface area (Å²) in [6, 6.07) is 7.76. The number of carbonyl (C=O) groups is 2. The number of nitrogens with zero attached hydrogens (tertiary/aromatic N) is 2. The fourth-order valence-electron chi connectivity index (χ4n) is 2.60. The number of anilines is 1. The van der Waals surface area contributed by atoms with Crippen LogP contribution in [0.2, 0.25) is 0 Å². The molecule has 1 fully saturated rings. The summed E-state index contributed by atoms with van der Waals surface area (Å²) in [7, 11) is 0. The van der Waals surface area contributed by atoms with E-state index in [1.54, 1.807) is 20.0 Å². The number of aromatic nitrogens is 2. The average molecular weight is 392 g/mol. The number of carbonyl (C=O) groups excluding carboxylic acids is 1. The molecule has 0 atom stereocenters. The normalized spacial score (nSPS) is 15.8.